The first-order chi connectivity index (χ1) is 9.65. The first-order valence-electron chi connectivity index (χ1n) is 6.15. The maximum absolute atomic E-state index is 12.9. The molecule has 0 radical (unpaired) electrons. The molecule has 1 aliphatic heterocycles. The van der Waals surface area contributed by atoms with E-state index in [1.54, 1.807) is 23.1 Å². The predicted molar refractivity (Wildman–Crippen MR) is 75.0 cm³/mol. The van der Waals surface area contributed by atoms with Gasteiger partial charge < -0.3 is 9.64 Å². The predicted octanol–water partition coefficient (Wildman–Crippen LogP) is 3.52. The Kier molecular flexibility index (Phi) is 3.32. The maximum Gasteiger partial charge on any atom is 0.258 e. The molecule has 20 heavy (non-hydrogen) atoms. The van der Waals surface area contributed by atoms with Gasteiger partial charge in [-0.15, -0.1) is 0 Å². The minimum absolute atomic E-state index is 0.197. The zero-order valence-corrected chi connectivity index (χ0v) is 11.2. The number of rotatable bonds is 1. The van der Waals surface area contributed by atoms with Crippen LogP contribution in [0.15, 0.2) is 42.5 Å². The van der Waals surface area contributed by atoms with Crippen LogP contribution in [0.2, 0.25) is 5.02 Å². The Morgan fingerprint density at radius 1 is 1.20 bits per heavy atom. The largest absolute Gasteiger partial charge is 0.490 e. The Morgan fingerprint density at radius 3 is 2.70 bits per heavy atom. The van der Waals surface area contributed by atoms with Gasteiger partial charge in [-0.3, -0.25) is 4.79 Å². The summed E-state index contributed by atoms with van der Waals surface area (Å²) in [6, 6.07) is 10.6. The summed E-state index contributed by atoms with van der Waals surface area (Å²) in [5.41, 5.74) is 1.07. The van der Waals surface area contributed by atoms with Gasteiger partial charge in [0, 0.05) is 10.6 Å². The molecule has 0 aromatic heterocycles. The fourth-order valence-electron chi connectivity index (χ4n) is 2.15. The molecule has 3 rings (SSSR count). The molecule has 0 aliphatic carbocycles. The van der Waals surface area contributed by atoms with Gasteiger partial charge in [-0.05, 0) is 42.5 Å². The summed E-state index contributed by atoms with van der Waals surface area (Å²) in [6.07, 6.45) is 0. The van der Waals surface area contributed by atoms with E-state index in [0.29, 0.717) is 35.2 Å². The van der Waals surface area contributed by atoms with Crippen LogP contribution in [-0.4, -0.2) is 19.1 Å². The average Bonchev–Trinajstić information content (AvgIpc) is 2.46. The Bertz CT molecular complexity index is 657. The molecule has 1 heterocycles. The van der Waals surface area contributed by atoms with Gasteiger partial charge in [0.2, 0.25) is 0 Å². The van der Waals surface area contributed by atoms with Crippen molar-refractivity contribution in [2.45, 2.75) is 0 Å². The molecule has 0 fully saturated rings. The molecule has 102 valence electrons. The summed E-state index contributed by atoms with van der Waals surface area (Å²) in [7, 11) is 0. The van der Waals surface area contributed by atoms with Crippen molar-refractivity contribution in [3.05, 3.63) is 58.9 Å². The number of halogens is 2. The zero-order valence-electron chi connectivity index (χ0n) is 10.5. The van der Waals surface area contributed by atoms with Gasteiger partial charge in [0.15, 0.2) is 0 Å². The van der Waals surface area contributed by atoms with Gasteiger partial charge in [0.1, 0.15) is 18.2 Å². The van der Waals surface area contributed by atoms with Crippen LogP contribution in [0, 0.1) is 5.82 Å². The van der Waals surface area contributed by atoms with Crippen LogP contribution < -0.4 is 9.64 Å². The molecule has 0 atom stereocenters. The van der Waals surface area contributed by atoms with E-state index in [2.05, 4.69) is 0 Å². The number of hydrogen-bond acceptors (Lipinski definition) is 2. The fraction of sp³-hybridized carbons (Fsp3) is 0.133. The van der Waals surface area contributed by atoms with Crippen molar-refractivity contribution in [2.75, 3.05) is 18.1 Å². The highest BCUT2D eigenvalue weighted by Crippen LogP contribution is 2.34. The number of fused-ring (bicyclic) bond motifs is 1. The van der Waals surface area contributed by atoms with Crippen LogP contribution in [0.1, 0.15) is 10.4 Å². The summed E-state index contributed by atoms with van der Waals surface area (Å²) in [4.78, 5) is 14.1. The molecule has 2 aromatic rings. The van der Waals surface area contributed by atoms with Crippen LogP contribution in [0.25, 0.3) is 0 Å². The lowest BCUT2D eigenvalue weighted by atomic mass is 10.1. The van der Waals surface area contributed by atoms with Crippen molar-refractivity contribution < 1.29 is 13.9 Å². The molecular weight excluding hydrogens is 281 g/mol. The van der Waals surface area contributed by atoms with E-state index < -0.39 is 0 Å². The van der Waals surface area contributed by atoms with Gasteiger partial charge in [-0.2, -0.15) is 0 Å². The molecule has 0 bridgehead atoms. The second-order valence-electron chi connectivity index (χ2n) is 4.42. The van der Waals surface area contributed by atoms with Crippen LogP contribution in [0.3, 0.4) is 0 Å². The van der Waals surface area contributed by atoms with Gasteiger partial charge in [-0.25, -0.2) is 4.39 Å². The summed E-state index contributed by atoms with van der Waals surface area (Å²) in [5, 5.41) is 0.533. The van der Waals surface area contributed by atoms with Crippen LogP contribution in [-0.2, 0) is 0 Å². The molecule has 0 unspecified atom stereocenters. The topological polar surface area (TPSA) is 29.5 Å². The van der Waals surface area contributed by atoms with E-state index in [-0.39, 0.29) is 11.7 Å². The molecule has 2 aromatic carbocycles. The quantitative estimate of drug-likeness (QED) is 0.804. The first kappa shape index (κ1) is 12.9. The highest BCUT2D eigenvalue weighted by molar-refractivity contribution is 6.31. The minimum atomic E-state index is -0.369. The lowest BCUT2D eigenvalue weighted by Gasteiger charge is -2.29. The minimum Gasteiger partial charge on any atom is -0.490 e. The number of hydrogen-bond donors (Lipinski definition) is 0. The summed E-state index contributed by atoms with van der Waals surface area (Å²) >= 11 is 5.97. The van der Waals surface area contributed by atoms with Crippen molar-refractivity contribution in [2.24, 2.45) is 0 Å². The second-order valence-corrected chi connectivity index (χ2v) is 4.86. The van der Waals surface area contributed by atoms with Crippen molar-refractivity contribution >= 4 is 23.2 Å². The van der Waals surface area contributed by atoms with Crippen molar-refractivity contribution in [1.29, 1.82) is 0 Å². The first-order valence-corrected chi connectivity index (χ1v) is 6.53. The summed E-state index contributed by atoms with van der Waals surface area (Å²) < 4.78 is 18.4. The van der Waals surface area contributed by atoms with E-state index in [4.69, 9.17) is 16.3 Å². The summed E-state index contributed by atoms with van der Waals surface area (Å²) in [6.45, 7) is 0.852. The molecular formula is C15H11ClFNO2. The van der Waals surface area contributed by atoms with Crippen molar-refractivity contribution in [3.8, 4) is 5.75 Å². The highest BCUT2D eigenvalue weighted by atomic mass is 35.5. The monoisotopic (exact) mass is 291 g/mol. The smallest absolute Gasteiger partial charge is 0.258 e. The number of amides is 1. The van der Waals surface area contributed by atoms with Gasteiger partial charge in [-0.1, -0.05) is 11.6 Å². The average molecular weight is 292 g/mol. The second kappa shape index (κ2) is 5.13. The lowest BCUT2D eigenvalue weighted by molar-refractivity contribution is 0.0976. The normalized spacial score (nSPS) is 13.6. The molecule has 5 heteroatoms. The zero-order chi connectivity index (χ0) is 14.1. The summed E-state index contributed by atoms with van der Waals surface area (Å²) in [5.74, 6) is 0.0555. The van der Waals surface area contributed by atoms with Crippen LogP contribution in [0.5, 0.6) is 5.75 Å². The van der Waals surface area contributed by atoms with Crippen molar-refractivity contribution in [1.82, 2.24) is 0 Å². The molecule has 0 spiro atoms. The third-order valence-electron chi connectivity index (χ3n) is 3.12. The third-order valence-corrected chi connectivity index (χ3v) is 3.36. The van der Waals surface area contributed by atoms with E-state index >= 15 is 0 Å². The lowest BCUT2D eigenvalue weighted by Crippen LogP contribution is -2.37. The van der Waals surface area contributed by atoms with E-state index in [0.717, 1.165) is 0 Å². The molecule has 0 saturated heterocycles. The number of carbonyl (C=O) groups is 1. The number of anilines is 1. The van der Waals surface area contributed by atoms with Crippen LogP contribution in [0.4, 0.5) is 10.1 Å². The molecule has 3 nitrogen and oxygen atoms in total. The molecule has 1 aliphatic rings. The standard InChI is InChI=1S/C15H11ClFNO2/c16-11-3-6-14-13(9-11)18(7-8-20-14)15(19)10-1-4-12(17)5-2-10/h1-6,9H,7-8H2. The van der Waals surface area contributed by atoms with Crippen molar-refractivity contribution in [3.63, 3.8) is 0 Å². The number of ether oxygens (including phenoxy) is 1. The maximum atomic E-state index is 12.9. The SMILES string of the molecule is O=C(c1ccc(F)cc1)N1CCOc2ccc(Cl)cc21. The van der Waals surface area contributed by atoms with Gasteiger partial charge in [0.05, 0.1) is 12.2 Å². The van der Waals surface area contributed by atoms with E-state index in [9.17, 15) is 9.18 Å². The highest BCUT2D eigenvalue weighted by Gasteiger charge is 2.24. The number of carbonyl (C=O) groups excluding carboxylic acids is 1. The van der Waals surface area contributed by atoms with Crippen LogP contribution >= 0.6 is 11.6 Å². The Hall–Kier alpha value is -2.07. The van der Waals surface area contributed by atoms with Gasteiger partial charge in [0.25, 0.3) is 5.91 Å². The third kappa shape index (κ3) is 2.34. The Balaban J connectivity index is 1.97. The van der Waals surface area contributed by atoms with Gasteiger partial charge >= 0.3 is 0 Å². The Labute approximate surface area is 120 Å². The molecule has 0 N–H and O–H groups in total. The Morgan fingerprint density at radius 2 is 1.95 bits per heavy atom. The van der Waals surface area contributed by atoms with E-state index in [1.165, 1.54) is 24.3 Å². The fourth-order valence-corrected chi connectivity index (χ4v) is 2.32. The number of benzene rings is 2. The van der Waals surface area contributed by atoms with E-state index in [1.807, 2.05) is 0 Å². The molecule has 0 saturated carbocycles. The number of nitrogens with zero attached hydrogens (tertiary/aromatic N) is 1. The molecule has 1 amide bonds.